The summed E-state index contributed by atoms with van der Waals surface area (Å²) in [4.78, 5) is 32.8. The Hall–Kier alpha value is -3.82. The number of rotatable bonds is 6. The molecule has 1 saturated heterocycles. The Morgan fingerprint density at radius 3 is 2.42 bits per heavy atom. The molecule has 0 unspecified atom stereocenters. The number of pyridine rings is 1. The zero-order valence-corrected chi connectivity index (χ0v) is 17.2. The highest BCUT2D eigenvalue weighted by Crippen LogP contribution is 2.16. The van der Waals surface area contributed by atoms with Crippen LogP contribution in [0.1, 0.15) is 22.8 Å². The average molecular weight is 421 g/mol. The van der Waals surface area contributed by atoms with Gasteiger partial charge in [-0.25, -0.2) is 14.5 Å². The Balaban J connectivity index is 1.29. The van der Waals surface area contributed by atoms with Crippen molar-refractivity contribution in [3.8, 4) is 5.69 Å². The number of tetrazole rings is 1. The van der Waals surface area contributed by atoms with Gasteiger partial charge < -0.3 is 14.5 Å². The highest BCUT2D eigenvalue weighted by molar-refractivity contribution is 5.89. The van der Waals surface area contributed by atoms with Gasteiger partial charge in [0.05, 0.1) is 24.3 Å². The summed E-state index contributed by atoms with van der Waals surface area (Å²) in [7, 11) is 0. The molecule has 31 heavy (non-hydrogen) atoms. The second-order valence-corrected chi connectivity index (χ2v) is 7.09. The van der Waals surface area contributed by atoms with Gasteiger partial charge in [0, 0.05) is 32.4 Å². The number of hydrogen-bond acceptors (Lipinski definition) is 8. The molecule has 0 atom stereocenters. The number of ether oxygens (including phenoxy) is 1. The van der Waals surface area contributed by atoms with Crippen LogP contribution in [0.5, 0.6) is 0 Å². The molecular weight excluding hydrogens is 398 g/mol. The molecule has 0 spiro atoms. The maximum atomic E-state index is 12.7. The van der Waals surface area contributed by atoms with Gasteiger partial charge in [0.15, 0.2) is 0 Å². The van der Waals surface area contributed by atoms with Gasteiger partial charge in [0.25, 0.3) is 0 Å². The molecule has 0 bridgehead atoms. The lowest BCUT2D eigenvalue weighted by molar-refractivity contribution is -0.130. The summed E-state index contributed by atoms with van der Waals surface area (Å²) in [5, 5.41) is 11.1. The number of amides is 1. The summed E-state index contributed by atoms with van der Waals surface area (Å²) >= 11 is 0. The normalized spacial score (nSPS) is 13.8. The van der Waals surface area contributed by atoms with Crippen LogP contribution in [0.25, 0.3) is 5.69 Å². The zero-order valence-electron chi connectivity index (χ0n) is 17.2. The van der Waals surface area contributed by atoms with E-state index < -0.39 is 0 Å². The number of benzene rings is 1. The van der Waals surface area contributed by atoms with Gasteiger partial charge in [-0.2, -0.15) is 0 Å². The molecule has 3 aromatic rings. The predicted octanol–water partition coefficient (Wildman–Crippen LogP) is 1.13. The van der Waals surface area contributed by atoms with E-state index in [1.165, 1.54) is 12.5 Å². The number of aromatic nitrogens is 5. The van der Waals surface area contributed by atoms with E-state index in [1.807, 2.05) is 35.2 Å². The summed E-state index contributed by atoms with van der Waals surface area (Å²) in [5.41, 5.74) is 2.22. The van der Waals surface area contributed by atoms with Gasteiger partial charge in [-0.15, -0.1) is 5.10 Å². The first-order chi connectivity index (χ1) is 15.1. The van der Waals surface area contributed by atoms with Crippen LogP contribution in [-0.2, 0) is 16.0 Å². The predicted molar refractivity (Wildman–Crippen MR) is 112 cm³/mol. The number of anilines is 1. The van der Waals surface area contributed by atoms with Crippen LogP contribution >= 0.6 is 0 Å². The van der Waals surface area contributed by atoms with Crippen LogP contribution in [0.2, 0.25) is 0 Å². The van der Waals surface area contributed by atoms with E-state index in [4.69, 9.17) is 4.74 Å². The molecule has 2 aromatic heterocycles. The van der Waals surface area contributed by atoms with E-state index in [0.717, 1.165) is 17.1 Å². The maximum absolute atomic E-state index is 12.7. The van der Waals surface area contributed by atoms with Gasteiger partial charge in [-0.3, -0.25) is 4.79 Å². The minimum atomic E-state index is -0.372. The van der Waals surface area contributed by atoms with Gasteiger partial charge in [-0.1, -0.05) is 12.1 Å². The van der Waals surface area contributed by atoms with Crippen LogP contribution < -0.4 is 4.90 Å². The van der Waals surface area contributed by atoms with Crippen LogP contribution in [0.3, 0.4) is 0 Å². The van der Waals surface area contributed by atoms with Crippen molar-refractivity contribution in [1.82, 2.24) is 30.1 Å². The number of esters is 1. The Bertz CT molecular complexity index is 1010. The fourth-order valence-electron chi connectivity index (χ4n) is 3.43. The topological polar surface area (TPSA) is 106 Å². The Morgan fingerprint density at radius 1 is 1.03 bits per heavy atom. The molecule has 10 heteroatoms. The average Bonchev–Trinajstić information content (AvgIpc) is 3.35. The number of hydrogen-bond donors (Lipinski definition) is 0. The van der Waals surface area contributed by atoms with E-state index in [0.29, 0.717) is 44.8 Å². The lowest BCUT2D eigenvalue weighted by Gasteiger charge is -2.35. The van der Waals surface area contributed by atoms with Gasteiger partial charge in [-0.05, 0) is 47.2 Å². The second-order valence-electron chi connectivity index (χ2n) is 7.09. The fraction of sp³-hybridized carbons (Fsp3) is 0.333. The molecule has 1 aliphatic heterocycles. The third-order valence-electron chi connectivity index (χ3n) is 5.12. The van der Waals surface area contributed by atoms with Crippen LogP contribution in [0.4, 0.5) is 5.82 Å². The molecule has 1 fully saturated rings. The minimum absolute atomic E-state index is 0.0976. The molecular formula is C21H23N7O3. The van der Waals surface area contributed by atoms with Crippen LogP contribution in [-0.4, -0.2) is 74.8 Å². The number of nitrogens with zero attached hydrogens (tertiary/aromatic N) is 7. The largest absolute Gasteiger partial charge is 0.462 e. The third-order valence-corrected chi connectivity index (χ3v) is 5.12. The second kappa shape index (κ2) is 9.33. The molecule has 1 aromatic carbocycles. The number of piperazine rings is 1. The smallest absolute Gasteiger partial charge is 0.339 e. The minimum Gasteiger partial charge on any atom is -0.462 e. The molecule has 1 aliphatic rings. The van der Waals surface area contributed by atoms with Crippen molar-refractivity contribution in [2.45, 2.75) is 13.3 Å². The van der Waals surface area contributed by atoms with Crippen molar-refractivity contribution in [2.24, 2.45) is 0 Å². The molecule has 0 saturated carbocycles. The van der Waals surface area contributed by atoms with Crippen molar-refractivity contribution in [3.05, 3.63) is 60.0 Å². The molecule has 1 amide bonds. The summed E-state index contributed by atoms with van der Waals surface area (Å²) in [6.45, 7) is 4.74. The summed E-state index contributed by atoms with van der Waals surface area (Å²) < 4.78 is 6.55. The standard InChI is InChI=1S/C21H23N7O3/c1-2-31-21(30)17-5-8-19(22-14-17)26-9-11-27(12-10-26)20(29)13-16-3-6-18(7-4-16)28-15-23-24-25-28/h3-8,14-15H,2,9-13H2,1H3. The van der Waals surface area contributed by atoms with E-state index in [1.54, 1.807) is 17.7 Å². The first kappa shape index (κ1) is 20.5. The van der Waals surface area contributed by atoms with Crippen molar-refractivity contribution in [2.75, 3.05) is 37.7 Å². The number of carbonyl (C=O) groups is 2. The maximum Gasteiger partial charge on any atom is 0.339 e. The van der Waals surface area contributed by atoms with E-state index in [-0.39, 0.29) is 11.9 Å². The first-order valence-electron chi connectivity index (χ1n) is 10.1. The van der Waals surface area contributed by atoms with Gasteiger partial charge in [0.2, 0.25) is 5.91 Å². The Kier molecular flexibility index (Phi) is 6.16. The monoisotopic (exact) mass is 421 g/mol. The molecule has 3 heterocycles. The quantitative estimate of drug-likeness (QED) is 0.545. The fourth-order valence-corrected chi connectivity index (χ4v) is 3.43. The van der Waals surface area contributed by atoms with Crippen molar-refractivity contribution >= 4 is 17.7 Å². The SMILES string of the molecule is CCOC(=O)c1ccc(N2CCN(C(=O)Cc3ccc(-n4cnnn4)cc3)CC2)nc1. The summed E-state index contributed by atoms with van der Waals surface area (Å²) in [5.74, 6) is 0.515. The van der Waals surface area contributed by atoms with Crippen molar-refractivity contribution in [1.29, 1.82) is 0 Å². The number of carbonyl (C=O) groups excluding carboxylic acids is 2. The van der Waals surface area contributed by atoms with Crippen molar-refractivity contribution in [3.63, 3.8) is 0 Å². The van der Waals surface area contributed by atoms with E-state index in [9.17, 15) is 9.59 Å². The van der Waals surface area contributed by atoms with Gasteiger partial charge in [0.1, 0.15) is 12.1 Å². The molecule has 4 rings (SSSR count). The van der Waals surface area contributed by atoms with Crippen LogP contribution in [0, 0.1) is 0 Å². The van der Waals surface area contributed by atoms with E-state index in [2.05, 4.69) is 25.4 Å². The van der Waals surface area contributed by atoms with Gasteiger partial charge >= 0.3 is 5.97 Å². The zero-order chi connectivity index (χ0) is 21.6. The molecule has 0 radical (unpaired) electrons. The lowest BCUT2D eigenvalue weighted by atomic mass is 10.1. The molecule has 0 N–H and O–H groups in total. The highest BCUT2D eigenvalue weighted by atomic mass is 16.5. The molecule has 10 nitrogen and oxygen atoms in total. The van der Waals surface area contributed by atoms with Crippen molar-refractivity contribution < 1.29 is 14.3 Å². The Morgan fingerprint density at radius 2 is 1.81 bits per heavy atom. The lowest BCUT2D eigenvalue weighted by Crippen LogP contribution is -2.49. The van der Waals surface area contributed by atoms with E-state index >= 15 is 0 Å². The molecule has 0 aliphatic carbocycles. The van der Waals surface area contributed by atoms with Crippen LogP contribution in [0.15, 0.2) is 48.9 Å². The summed E-state index contributed by atoms with van der Waals surface area (Å²) in [6, 6.07) is 11.2. The summed E-state index contributed by atoms with van der Waals surface area (Å²) in [6.07, 6.45) is 3.41. The highest BCUT2D eigenvalue weighted by Gasteiger charge is 2.22. The Labute approximate surface area is 179 Å². The third kappa shape index (κ3) is 4.85. The molecule has 160 valence electrons. The first-order valence-corrected chi connectivity index (χ1v) is 10.1.